The SMILES string of the molecule is CCCCCCCCCCCCN(C)C(C)C(O)c1ccccc1. The Morgan fingerprint density at radius 1 is 0.833 bits per heavy atom. The predicted octanol–water partition coefficient (Wildman–Crippen LogP) is 5.96. The van der Waals surface area contributed by atoms with Gasteiger partial charge in [-0.3, -0.25) is 0 Å². The highest BCUT2D eigenvalue weighted by molar-refractivity contribution is 5.18. The molecule has 2 nitrogen and oxygen atoms in total. The number of hydrogen-bond acceptors (Lipinski definition) is 2. The molecular formula is C22H39NO. The normalized spacial score (nSPS) is 14.0. The molecule has 0 saturated carbocycles. The van der Waals surface area contributed by atoms with E-state index in [1.807, 2.05) is 30.3 Å². The lowest BCUT2D eigenvalue weighted by molar-refractivity contribution is 0.0716. The largest absolute Gasteiger partial charge is 0.387 e. The van der Waals surface area contributed by atoms with E-state index in [1.54, 1.807) is 0 Å². The molecule has 2 heteroatoms. The van der Waals surface area contributed by atoms with Crippen LogP contribution >= 0.6 is 0 Å². The Balaban J connectivity index is 2.06. The van der Waals surface area contributed by atoms with Gasteiger partial charge in [0.2, 0.25) is 0 Å². The van der Waals surface area contributed by atoms with E-state index in [9.17, 15) is 5.11 Å². The topological polar surface area (TPSA) is 23.5 Å². The van der Waals surface area contributed by atoms with Crippen molar-refractivity contribution in [1.82, 2.24) is 4.90 Å². The summed E-state index contributed by atoms with van der Waals surface area (Å²) >= 11 is 0. The van der Waals surface area contributed by atoms with Crippen LogP contribution in [0.5, 0.6) is 0 Å². The van der Waals surface area contributed by atoms with Crippen molar-refractivity contribution in [2.45, 2.75) is 90.2 Å². The van der Waals surface area contributed by atoms with Gasteiger partial charge in [-0.15, -0.1) is 0 Å². The van der Waals surface area contributed by atoms with Crippen molar-refractivity contribution < 1.29 is 5.11 Å². The van der Waals surface area contributed by atoms with Crippen molar-refractivity contribution in [3.8, 4) is 0 Å². The first-order valence-electron chi connectivity index (χ1n) is 10.1. The lowest BCUT2D eigenvalue weighted by Crippen LogP contribution is -2.35. The minimum atomic E-state index is -0.403. The van der Waals surface area contributed by atoms with E-state index in [-0.39, 0.29) is 6.04 Å². The Morgan fingerprint density at radius 3 is 1.88 bits per heavy atom. The zero-order chi connectivity index (χ0) is 17.6. The summed E-state index contributed by atoms with van der Waals surface area (Å²) in [5.41, 5.74) is 1.01. The fourth-order valence-corrected chi connectivity index (χ4v) is 3.22. The molecular weight excluding hydrogens is 294 g/mol. The Morgan fingerprint density at radius 2 is 1.33 bits per heavy atom. The average molecular weight is 334 g/mol. The van der Waals surface area contributed by atoms with Gasteiger partial charge in [0.1, 0.15) is 0 Å². The first-order valence-corrected chi connectivity index (χ1v) is 10.1. The number of rotatable bonds is 14. The molecule has 0 heterocycles. The summed E-state index contributed by atoms with van der Waals surface area (Å²) in [4.78, 5) is 2.29. The minimum absolute atomic E-state index is 0.158. The summed E-state index contributed by atoms with van der Waals surface area (Å²) in [5, 5.41) is 10.5. The van der Waals surface area contributed by atoms with Crippen LogP contribution in [0.25, 0.3) is 0 Å². The Kier molecular flexibility index (Phi) is 11.9. The molecule has 138 valence electrons. The van der Waals surface area contributed by atoms with Crippen LogP contribution in [0.1, 0.15) is 89.7 Å². The van der Waals surface area contributed by atoms with Crippen molar-refractivity contribution in [3.05, 3.63) is 35.9 Å². The van der Waals surface area contributed by atoms with E-state index in [0.29, 0.717) is 0 Å². The Bertz CT molecular complexity index is 392. The van der Waals surface area contributed by atoms with Gasteiger partial charge in [0.25, 0.3) is 0 Å². The molecule has 2 unspecified atom stereocenters. The molecule has 1 N–H and O–H groups in total. The van der Waals surface area contributed by atoms with Crippen LogP contribution in [-0.4, -0.2) is 29.6 Å². The fourth-order valence-electron chi connectivity index (χ4n) is 3.22. The molecule has 1 aromatic rings. The number of likely N-dealkylation sites (N-methyl/N-ethyl adjacent to an activating group) is 1. The summed E-state index contributed by atoms with van der Waals surface area (Å²) in [6, 6.07) is 10.2. The zero-order valence-electron chi connectivity index (χ0n) is 16.2. The molecule has 0 spiro atoms. The zero-order valence-corrected chi connectivity index (χ0v) is 16.2. The molecule has 0 aliphatic carbocycles. The van der Waals surface area contributed by atoms with Gasteiger partial charge < -0.3 is 10.0 Å². The van der Waals surface area contributed by atoms with Gasteiger partial charge in [-0.05, 0) is 32.5 Å². The van der Waals surface area contributed by atoms with E-state index in [2.05, 4.69) is 25.8 Å². The summed E-state index contributed by atoms with van der Waals surface area (Å²) in [5.74, 6) is 0. The molecule has 1 rings (SSSR count). The van der Waals surface area contributed by atoms with Crippen molar-refractivity contribution in [2.75, 3.05) is 13.6 Å². The van der Waals surface area contributed by atoms with E-state index in [1.165, 1.54) is 64.2 Å². The second kappa shape index (κ2) is 13.4. The Labute approximate surface area is 150 Å². The molecule has 0 aromatic heterocycles. The molecule has 0 aliphatic heterocycles. The van der Waals surface area contributed by atoms with E-state index >= 15 is 0 Å². The second-order valence-electron chi connectivity index (χ2n) is 7.26. The van der Waals surface area contributed by atoms with Crippen LogP contribution in [0.15, 0.2) is 30.3 Å². The van der Waals surface area contributed by atoms with Crippen LogP contribution in [0, 0.1) is 0 Å². The first-order chi connectivity index (χ1) is 11.7. The molecule has 2 atom stereocenters. The van der Waals surface area contributed by atoms with Gasteiger partial charge in [0.05, 0.1) is 6.10 Å². The molecule has 0 aliphatic rings. The van der Waals surface area contributed by atoms with Crippen molar-refractivity contribution in [3.63, 3.8) is 0 Å². The quantitative estimate of drug-likeness (QED) is 0.424. The first kappa shape index (κ1) is 21.2. The van der Waals surface area contributed by atoms with Crippen LogP contribution in [-0.2, 0) is 0 Å². The second-order valence-corrected chi connectivity index (χ2v) is 7.26. The third-order valence-electron chi connectivity index (χ3n) is 5.16. The van der Waals surface area contributed by atoms with Gasteiger partial charge in [-0.2, -0.15) is 0 Å². The highest BCUT2D eigenvalue weighted by Gasteiger charge is 2.19. The smallest absolute Gasteiger partial charge is 0.0942 e. The number of aliphatic hydroxyl groups excluding tert-OH is 1. The maximum Gasteiger partial charge on any atom is 0.0942 e. The van der Waals surface area contributed by atoms with Gasteiger partial charge in [0.15, 0.2) is 0 Å². The molecule has 0 bridgehead atoms. The van der Waals surface area contributed by atoms with E-state index < -0.39 is 6.10 Å². The van der Waals surface area contributed by atoms with E-state index in [0.717, 1.165) is 12.1 Å². The number of nitrogens with zero attached hydrogens (tertiary/aromatic N) is 1. The molecule has 0 amide bonds. The van der Waals surface area contributed by atoms with Gasteiger partial charge in [-0.25, -0.2) is 0 Å². The van der Waals surface area contributed by atoms with Gasteiger partial charge in [-0.1, -0.05) is 95.0 Å². The summed E-state index contributed by atoms with van der Waals surface area (Å²) in [7, 11) is 2.13. The van der Waals surface area contributed by atoms with Crippen LogP contribution < -0.4 is 0 Å². The number of hydrogen-bond donors (Lipinski definition) is 1. The summed E-state index contributed by atoms with van der Waals surface area (Å²) in [6.07, 6.45) is 13.3. The standard InChI is InChI=1S/C22H39NO/c1-4-5-6-7-8-9-10-11-12-16-19-23(3)20(2)22(24)21-17-14-13-15-18-21/h13-15,17-18,20,22,24H,4-12,16,19H2,1-3H3. The maximum atomic E-state index is 10.5. The predicted molar refractivity (Wildman–Crippen MR) is 105 cm³/mol. The highest BCUT2D eigenvalue weighted by Crippen LogP contribution is 2.20. The third kappa shape index (κ3) is 8.84. The molecule has 0 fully saturated rings. The van der Waals surface area contributed by atoms with Crippen LogP contribution in [0.4, 0.5) is 0 Å². The average Bonchev–Trinajstić information content (AvgIpc) is 2.62. The maximum absolute atomic E-state index is 10.5. The molecule has 0 saturated heterocycles. The molecule has 24 heavy (non-hydrogen) atoms. The van der Waals surface area contributed by atoms with Crippen LogP contribution in [0.2, 0.25) is 0 Å². The van der Waals surface area contributed by atoms with Gasteiger partial charge in [0, 0.05) is 6.04 Å². The number of unbranched alkanes of at least 4 members (excludes halogenated alkanes) is 9. The molecule has 1 aromatic carbocycles. The molecule has 0 radical (unpaired) electrons. The Hall–Kier alpha value is -0.860. The third-order valence-corrected chi connectivity index (χ3v) is 5.16. The number of benzene rings is 1. The summed E-state index contributed by atoms with van der Waals surface area (Å²) in [6.45, 7) is 5.46. The van der Waals surface area contributed by atoms with Crippen molar-refractivity contribution >= 4 is 0 Å². The number of aliphatic hydroxyl groups is 1. The minimum Gasteiger partial charge on any atom is -0.387 e. The van der Waals surface area contributed by atoms with Crippen LogP contribution in [0.3, 0.4) is 0 Å². The fraction of sp³-hybridized carbons (Fsp3) is 0.727. The highest BCUT2D eigenvalue weighted by atomic mass is 16.3. The van der Waals surface area contributed by atoms with E-state index in [4.69, 9.17) is 0 Å². The monoisotopic (exact) mass is 333 g/mol. The lowest BCUT2D eigenvalue weighted by atomic mass is 10.0. The van der Waals surface area contributed by atoms with Crippen molar-refractivity contribution in [1.29, 1.82) is 0 Å². The van der Waals surface area contributed by atoms with Crippen molar-refractivity contribution in [2.24, 2.45) is 0 Å². The van der Waals surface area contributed by atoms with Gasteiger partial charge >= 0.3 is 0 Å². The lowest BCUT2D eigenvalue weighted by Gasteiger charge is -2.29. The summed E-state index contributed by atoms with van der Waals surface area (Å²) < 4.78 is 0.